The first-order valence-electron chi connectivity index (χ1n) is 3.83. The number of rotatable bonds is 0. The number of pyridine rings is 1. The lowest BCUT2D eigenvalue weighted by molar-refractivity contribution is 0.481. The Bertz CT molecular complexity index is 428. The lowest BCUT2D eigenvalue weighted by Crippen LogP contribution is -1.82. The smallest absolute Gasteiger partial charge is 0.124 e. The molecule has 0 amide bonds. The SMILES string of the molecule is Br.Cc1ccc2c(O)cccc2n1. The molecule has 1 aromatic heterocycles. The molecule has 0 aliphatic heterocycles. The number of phenols is 1. The summed E-state index contributed by atoms with van der Waals surface area (Å²) in [5.74, 6) is 0.292. The Labute approximate surface area is 87.0 Å². The number of aromatic hydroxyl groups is 1. The number of fused-ring (bicyclic) bond motifs is 1. The van der Waals surface area contributed by atoms with E-state index < -0.39 is 0 Å². The van der Waals surface area contributed by atoms with E-state index >= 15 is 0 Å². The van der Waals surface area contributed by atoms with Crippen LogP contribution in [-0.4, -0.2) is 10.1 Å². The van der Waals surface area contributed by atoms with Crippen LogP contribution >= 0.6 is 17.0 Å². The van der Waals surface area contributed by atoms with E-state index in [2.05, 4.69) is 4.98 Å². The molecular formula is C10H10BrNO. The molecule has 0 spiro atoms. The molecule has 0 fully saturated rings. The quantitative estimate of drug-likeness (QED) is 0.768. The first-order valence-corrected chi connectivity index (χ1v) is 3.83. The van der Waals surface area contributed by atoms with Crippen molar-refractivity contribution in [2.75, 3.05) is 0 Å². The fourth-order valence-corrected chi connectivity index (χ4v) is 1.24. The van der Waals surface area contributed by atoms with Gasteiger partial charge in [-0.05, 0) is 31.2 Å². The number of aryl methyl sites for hydroxylation is 1. The Morgan fingerprint density at radius 1 is 1.15 bits per heavy atom. The number of hydrogen-bond acceptors (Lipinski definition) is 2. The van der Waals surface area contributed by atoms with Crippen LogP contribution in [0.2, 0.25) is 0 Å². The molecule has 68 valence electrons. The van der Waals surface area contributed by atoms with Crippen molar-refractivity contribution in [3.8, 4) is 5.75 Å². The molecule has 1 heterocycles. The predicted octanol–water partition coefficient (Wildman–Crippen LogP) is 2.83. The van der Waals surface area contributed by atoms with Crippen LogP contribution < -0.4 is 0 Å². The zero-order valence-electron chi connectivity index (χ0n) is 7.19. The average molecular weight is 240 g/mol. The van der Waals surface area contributed by atoms with Gasteiger partial charge in [-0.3, -0.25) is 4.98 Å². The molecule has 1 aromatic carbocycles. The summed E-state index contributed by atoms with van der Waals surface area (Å²) in [6.07, 6.45) is 0. The molecule has 0 aliphatic carbocycles. The van der Waals surface area contributed by atoms with E-state index in [4.69, 9.17) is 0 Å². The average Bonchev–Trinajstić information content (AvgIpc) is 2.04. The van der Waals surface area contributed by atoms with Crippen LogP contribution in [0.1, 0.15) is 5.69 Å². The Morgan fingerprint density at radius 3 is 2.69 bits per heavy atom. The standard InChI is InChI=1S/C10H9NO.BrH/c1-7-5-6-8-9(11-7)3-2-4-10(8)12;/h2-6,12H,1H3;1H. The highest BCUT2D eigenvalue weighted by atomic mass is 79.9. The molecule has 2 nitrogen and oxygen atoms in total. The van der Waals surface area contributed by atoms with Gasteiger partial charge in [0.05, 0.1) is 5.52 Å². The van der Waals surface area contributed by atoms with Gasteiger partial charge in [0, 0.05) is 11.1 Å². The highest BCUT2D eigenvalue weighted by Gasteiger charge is 1.98. The number of nitrogens with zero attached hydrogens (tertiary/aromatic N) is 1. The van der Waals surface area contributed by atoms with Gasteiger partial charge in [-0.1, -0.05) is 6.07 Å². The van der Waals surface area contributed by atoms with Crippen molar-refractivity contribution in [3.63, 3.8) is 0 Å². The predicted molar refractivity (Wildman–Crippen MR) is 58.5 cm³/mol. The molecule has 2 rings (SSSR count). The van der Waals surface area contributed by atoms with Crippen molar-refractivity contribution >= 4 is 27.9 Å². The van der Waals surface area contributed by atoms with E-state index in [0.717, 1.165) is 16.6 Å². The molecule has 0 unspecified atom stereocenters. The second-order valence-electron chi connectivity index (χ2n) is 2.80. The van der Waals surface area contributed by atoms with Crippen molar-refractivity contribution in [3.05, 3.63) is 36.0 Å². The van der Waals surface area contributed by atoms with Gasteiger partial charge < -0.3 is 5.11 Å². The summed E-state index contributed by atoms with van der Waals surface area (Å²) in [5.41, 5.74) is 1.81. The maximum atomic E-state index is 9.42. The number of aromatic nitrogens is 1. The van der Waals surface area contributed by atoms with Gasteiger partial charge in [0.15, 0.2) is 0 Å². The third kappa shape index (κ3) is 1.80. The fraction of sp³-hybridized carbons (Fsp3) is 0.100. The van der Waals surface area contributed by atoms with Crippen molar-refractivity contribution in [1.29, 1.82) is 0 Å². The van der Waals surface area contributed by atoms with Crippen molar-refractivity contribution in [2.24, 2.45) is 0 Å². The second kappa shape index (κ2) is 3.75. The Hall–Kier alpha value is -1.09. The van der Waals surface area contributed by atoms with Gasteiger partial charge in [0.25, 0.3) is 0 Å². The Kier molecular flexibility index (Phi) is 2.88. The first-order chi connectivity index (χ1) is 5.77. The van der Waals surface area contributed by atoms with Gasteiger partial charge in [-0.2, -0.15) is 0 Å². The van der Waals surface area contributed by atoms with Crippen LogP contribution in [0.3, 0.4) is 0 Å². The molecule has 0 saturated heterocycles. The molecule has 0 saturated carbocycles. The molecule has 2 aromatic rings. The topological polar surface area (TPSA) is 33.1 Å². The van der Waals surface area contributed by atoms with Crippen molar-refractivity contribution in [1.82, 2.24) is 4.98 Å². The minimum atomic E-state index is 0. The minimum absolute atomic E-state index is 0. The lowest BCUT2D eigenvalue weighted by Gasteiger charge is -1.99. The van der Waals surface area contributed by atoms with Crippen LogP contribution in [0.25, 0.3) is 10.9 Å². The van der Waals surface area contributed by atoms with Crippen LogP contribution in [0.15, 0.2) is 30.3 Å². The molecule has 0 aliphatic rings. The summed E-state index contributed by atoms with van der Waals surface area (Å²) in [6, 6.07) is 9.13. The monoisotopic (exact) mass is 239 g/mol. The molecule has 0 radical (unpaired) electrons. The van der Waals surface area contributed by atoms with Crippen LogP contribution in [0.4, 0.5) is 0 Å². The van der Waals surface area contributed by atoms with E-state index in [1.165, 1.54) is 0 Å². The third-order valence-electron chi connectivity index (χ3n) is 1.85. The Balaban J connectivity index is 0.000000845. The number of benzene rings is 1. The molecule has 13 heavy (non-hydrogen) atoms. The molecular weight excluding hydrogens is 230 g/mol. The summed E-state index contributed by atoms with van der Waals surface area (Å²) in [5, 5.41) is 10.2. The summed E-state index contributed by atoms with van der Waals surface area (Å²) in [4.78, 5) is 4.28. The van der Waals surface area contributed by atoms with Crippen molar-refractivity contribution < 1.29 is 5.11 Å². The number of phenolic OH excluding ortho intramolecular Hbond substituents is 1. The Morgan fingerprint density at radius 2 is 1.92 bits per heavy atom. The van der Waals surface area contributed by atoms with Crippen LogP contribution in [-0.2, 0) is 0 Å². The highest BCUT2D eigenvalue weighted by Crippen LogP contribution is 2.22. The summed E-state index contributed by atoms with van der Waals surface area (Å²) in [7, 11) is 0. The maximum Gasteiger partial charge on any atom is 0.124 e. The van der Waals surface area contributed by atoms with Gasteiger partial charge in [-0.25, -0.2) is 0 Å². The van der Waals surface area contributed by atoms with Gasteiger partial charge in [-0.15, -0.1) is 17.0 Å². The maximum absolute atomic E-state index is 9.42. The minimum Gasteiger partial charge on any atom is -0.507 e. The largest absolute Gasteiger partial charge is 0.507 e. The fourth-order valence-electron chi connectivity index (χ4n) is 1.24. The lowest BCUT2D eigenvalue weighted by atomic mass is 10.2. The molecule has 3 heteroatoms. The third-order valence-corrected chi connectivity index (χ3v) is 1.85. The zero-order chi connectivity index (χ0) is 8.55. The van der Waals surface area contributed by atoms with Gasteiger partial charge >= 0.3 is 0 Å². The van der Waals surface area contributed by atoms with Crippen LogP contribution in [0.5, 0.6) is 5.75 Å². The molecule has 0 bridgehead atoms. The molecule has 1 N–H and O–H groups in total. The second-order valence-corrected chi connectivity index (χ2v) is 2.80. The number of hydrogen-bond donors (Lipinski definition) is 1. The summed E-state index contributed by atoms with van der Waals surface area (Å²) < 4.78 is 0. The highest BCUT2D eigenvalue weighted by molar-refractivity contribution is 8.93. The van der Waals surface area contributed by atoms with Gasteiger partial charge in [0.1, 0.15) is 5.75 Å². The van der Waals surface area contributed by atoms with Crippen LogP contribution in [0, 0.1) is 6.92 Å². The summed E-state index contributed by atoms with van der Waals surface area (Å²) in [6.45, 7) is 1.93. The molecule has 0 atom stereocenters. The van der Waals surface area contributed by atoms with Crippen molar-refractivity contribution in [2.45, 2.75) is 6.92 Å². The van der Waals surface area contributed by atoms with E-state index in [1.54, 1.807) is 12.1 Å². The van der Waals surface area contributed by atoms with Gasteiger partial charge in [0.2, 0.25) is 0 Å². The van der Waals surface area contributed by atoms with E-state index in [-0.39, 0.29) is 17.0 Å². The van der Waals surface area contributed by atoms with E-state index in [0.29, 0.717) is 5.75 Å². The van der Waals surface area contributed by atoms with E-state index in [1.807, 2.05) is 25.1 Å². The normalized spacial score (nSPS) is 9.62. The first kappa shape index (κ1) is 9.99. The zero-order valence-corrected chi connectivity index (χ0v) is 8.90. The summed E-state index contributed by atoms with van der Waals surface area (Å²) >= 11 is 0. The van der Waals surface area contributed by atoms with E-state index in [9.17, 15) is 5.11 Å². The number of halogens is 1.